The molecule has 2 N–H and O–H groups in total. The Bertz CT molecular complexity index is 1040. The number of unbranched alkanes of at least 4 members (excludes halogenated alkanes) is 1. The van der Waals surface area contributed by atoms with Gasteiger partial charge in [0.15, 0.2) is 5.82 Å². The molecule has 0 bridgehead atoms. The Morgan fingerprint density at radius 3 is 2.27 bits per heavy atom. The van der Waals surface area contributed by atoms with Gasteiger partial charge >= 0.3 is 57.4 Å². The molecular formula is C24H30KN5O3. The third-order valence-electron chi connectivity index (χ3n) is 5.43. The van der Waals surface area contributed by atoms with Crippen LogP contribution in [0.2, 0.25) is 0 Å². The van der Waals surface area contributed by atoms with Gasteiger partial charge in [-0.15, -0.1) is 5.10 Å². The van der Waals surface area contributed by atoms with Crippen LogP contribution >= 0.6 is 0 Å². The van der Waals surface area contributed by atoms with Gasteiger partial charge in [-0.05, 0) is 39.5 Å². The second-order valence-electron chi connectivity index (χ2n) is 8.14. The zero-order valence-electron chi connectivity index (χ0n) is 18.7. The van der Waals surface area contributed by atoms with Crippen LogP contribution in [0.3, 0.4) is 0 Å². The van der Waals surface area contributed by atoms with E-state index in [0.717, 1.165) is 35.1 Å². The molecule has 0 fully saturated rings. The average Bonchev–Trinajstić information content (AvgIpc) is 3.32. The number of hydrogen-bond donors (Lipinski definition) is 2. The van der Waals surface area contributed by atoms with Crippen molar-refractivity contribution < 1.29 is 14.7 Å². The van der Waals surface area contributed by atoms with Crippen molar-refractivity contribution in [2.24, 2.45) is 5.92 Å². The molecule has 3 aromatic rings. The number of benzene rings is 2. The molecule has 9 heteroatoms. The molecule has 170 valence electrons. The summed E-state index contributed by atoms with van der Waals surface area (Å²) in [4.78, 5) is 26.3. The van der Waals surface area contributed by atoms with E-state index in [4.69, 9.17) is 0 Å². The van der Waals surface area contributed by atoms with Gasteiger partial charge in [0.05, 0.1) is 0 Å². The first-order chi connectivity index (χ1) is 15.4. The maximum absolute atomic E-state index is 12.9. The first-order valence-corrected chi connectivity index (χ1v) is 10.9. The van der Waals surface area contributed by atoms with E-state index in [1.165, 1.54) is 4.90 Å². The van der Waals surface area contributed by atoms with Crippen molar-refractivity contribution in [1.29, 1.82) is 0 Å². The summed E-state index contributed by atoms with van der Waals surface area (Å²) < 4.78 is 0. The van der Waals surface area contributed by atoms with Crippen molar-refractivity contribution in [3.05, 3.63) is 54.1 Å². The van der Waals surface area contributed by atoms with Crippen molar-refractivity contribution >= 4 is 63.3 Å². The van der Waals surface area contributed by atoms with Crippen LogP contribution in [0.5, 0.6) is 0 Å². The number of hydrogen-bond acceptors (Lipinski definition) is 5. The quantitative estimate of drug-likeness (QED) is 0.434. The van der Waals surface area contributed by atoms with Gasteiger partial charge in [0.2, 0.25) is 5.91 Å². The number of carbonyl (C=O) groups is 2. The zero-order chi connectivity index (χ0) is 23.1. The number of amides is 1. The van der Waals surface area contributed by atoms with Gasteiger partial charge in [-0.2, -0.15) is 0 Å². The van der Waals surface area contributed by atoms with Gasteiger partial charge in [-0.1, -0.05) is 75.7 Å². The van der Waals surface area contributed by atoms with E-state index >= 15 is 0 Å². The number of H-pyrrole nitrogens is 1. The second-order valence-corrected chi connectivity index (χ2v) is 8.14. The van der Waals surface area contributed by atoms with E-state index in [9.17, 15) is 14.7 Å². The number of aromatic amines is 1. The second kappa shape index (κ2) is 13.1. The van der Waals surface area contributed by atoms with Crippen molar-refractivity contribution in [1.82, 2.24) is 25.5 Å². The Morgan fingerprint density at radius 1 is 1.06 bits per heavy atom. The zero-order valence-corrected chi connectivity index (χ0v) is 18.7. The Balaban J connectivity index is 0.00000385. The Kier molecular flexibility index (Phi) is 10.8. The fourth-order valence-corrected chi connectivity index (χ4v) is 3.79. The maximum atomic E-state index is 12.9. The van der Waals surface area contributed by atoms with Crippen molar-refractivity contribution in [2.75, 3.05) is 0 Å². The Morgan fingerprint density at radius 2 is 1.73 bits per heavy atom. The van der Waals surface area contributed by atoms with Crippen LogP contribution in [-0.2, 0) is 16.1 Å². The summed E-state index contributed by atoms with van der Waals surface area (Å²) in [5.74, 6) is -0.713. The van der Waals surface area contributed by atoms with E-state index < -0.39 is 12.0 Å². The average molecular weight is 476 g/mol. The van der Waals surface area contributed by atoms with E-state index in [1.807, 2.05) is 69.3 Å². The first kappa shape index (κ1) is 27.3. The summed E-state index contributed by atoms with van der Waals surface area (Å²) in [6.45, 7) is 5.93. The molecule has 0 saturated carbocycles. The number of aromatic nitrogens is 4. The molecule has 3 rings (SSSR count). The van der Waals surface area contributed by atoms with Gasteiger partial charge < -0.3 is 10.0 Å². The number of nitrogens with zero attached hydrogens (tertiary/aromatic N) is 4. The number of aliphatic carboxylic acids is 1. The number of carbonyl (C=O) groups excluding carboxylic acids is 1. The summed E-state index contributed by atoms with van der Waals surface area (Å²) in [5.41, 5.74) is 3.71. The van der Waals surface area contributed by atoms with Gasteiger partial charge in [0.25, 0.3) is 0 Å². The number of carboxylic acids is 1. The molecule has 0 unspecified atom stereocenters. The molecule has 0 radical (unpaired) electrons. The number of carboxylic acid groups (broad SMARTS) is 1. The van der Waals surface area contributed by atoms with E-state index in [2.05, 4.69) is 20.6 Å². The van der Waals surface area contributed by atoms with Gasteiger partial charge in [0, 0.05) is 18.5 Å². The molecule has 1 amide bonds. The molecule has 0 aliphatic rings. The number of tetrazole rings is 1. The fraction of sp³-hybridized carbons (Fsp3) is 0.375. The number of nitrogens with one attached hydrogen (secondary N) is 1. The minimum absolute atomic E-state index is 0. The molecule has 0 saturated heterocycles. The van der Waals surface area contributed by atoms with Crippen LogP contribution in [0.15, 0.2) is 48.5 Å². The third kappa shape index (κ3) is 7.03. The molecule has 1 atom stereocenters. The molecule has 1 aromatic heterocycles. The van der Waals surface area contributed by atoms with Crippen LogP contribution in [0.25, 0.3) is 22.5 Å². The predicted molar refractivity (Wildman–Crippen MR) is 129 cm³/mol. The molecule has 0 spiro atoms. The summed E-state index contributed by atoms with van der Waals surface area (Å²) >= 11 is 0. The van der Waals surface area contributed by atoms with E-state index in [0.29, 0.717) is 12.2 Å². The Labute approximate surface area is 236 Å². The predicted octanol–water partition coefficient (Wildman–Crippen LogP) is 3.51. The van der Waals surface area contributed by atoms with Crippen LogP contribution in [-0.4, -0.2) is 99.9 Å². The molecule has 1 heterocycles. The standard InChI is InChI=1S/C24H29N5O3.K.H/c1-4-5-10-21(30)29(22(16(2)3)24(31)32)15-17-11-13-18(14-12-17)19-8-6-7-9-20(19)23-25-27-28-26-23;;/h6-9,11-14,16,22H,4-5,10,15H2,1-3H3,(H,31,32)(H,25,26,27,28);;/t22-;;/m0../s1. The molecular weight excluding hydrogens is 445 g/mol. The Hall–Kier alpha value is -1.91. The summed E-state index contributed by atoms with van der Waals surface area (Å²) in [5, 5.41) is 23.9. The molecule has 8 nitrogen and oxygen atoms in total. The number of rotatable bonds is 10. The van der Waals surface area contributed by atoms with E-state index in [-0.39, 0.29) is 69.8 Å². The van der Waals surface area contributed by atoms with Gasteiger partial charge in [-0.3, -0.25) is 4.79 Å². The van der Waals surface area contributed by atoms with Gasteiger partial charge in [-0.25, -0.2) is 9.89 Å². The first-order valence-electron chi connectivity index (χ1n) is 10.9. The SMILES string of the molecule is CCCCC(=O)N(Cc1ccc(-c2ccccc2-c2nnn[nH]2)cc1)[C@H](C(=O)O)C(C)C.[KH]. The molecule has 0 aliphatic heterocycles. The summed E-state index contributed by atoms with van der Waals surface area (Å²) in [6.07, 6.45) is 1.98. The normalized spacial score (nSPS) is 11.6. The van der Waals surface area contributed by atoms with Crippen molar-refractivity contribution in [3.63, 3.8) is 0 Å². The van der Waals surface area contributed by atoms with Crippen molar-refractivity contribution in [2.45, 2.75) is 52.6 Å². The van der Waals surface area contributed by atoms with Crippen LogP contribution in [0.4, 0.5) is 0 Å². The van der Waals surface area contributed by atoms with Crippen LogP contribution in [0.1, 0.15) is 45.6 Å². The summed E-state index contributed by atoms with van der Waals surface area (Å²) in [6, 6.07) is 14.8. The third-order valence-corrected chi connectivity index (χ3v) is 5.43. The van der Waals surface area contributed by atoms with E-state index in [1.54, 1.807) is 0 Å². The fourth-order valence-electron chi connectivity index (χ4n) is 3.79. The molecule has 33 heavy (non-hydrogen) atoms. The van der Waals surface area contributed by atoms with Crippen molar-refractivity contribution in [3.8, 4) is 22.5 Å². The molecule has 0 aliphatic carbocycles. The van der Waals surface area contributed by atoms with Crippen LogP contribution in [0, 0.1) is 5.92 Å². The molecule has 2 aromatic carbocycles. The van der Waals surface area contributed by atoms with Gasteiger partial charge in [0.1, 0.15) is 6.04 Å². The topological polar surface area (TPSA) is 112 Å². The van der Waals surface area contributed by atoms with Crippen LogP contribution < -0.4 is 0 Å². The monoisotopic (exact) mass is 475 g/mol. The summed E-state index contributed by atoms with van der Waals surface area (Å²) in [7, 11) is 0. The minimum atomic E-state index is -0.976.